The molecule has 1 amide bonds. The van der Waals surface area contributed by atoms with Crippen molar-refractivity contribution in [2.75, 3.05) is 18.8 Å². The predicted molar refractivity (Wildman–Crippen MR) is 87.5 cm³/mol. The molecular weight excluding hydrogens is 317 g/mol. The van der Waals surface area contributed by atoms with Gasteiger partial charge >= 0.3 is 124 Å². The second kappa shape index (κ2) is 7.94. The molecule has 3 nitrogen and oxygen atoms in total. The van der Waals surface area contributed by atoms with E-state index in [-0.39, 0.29) is 12.5 Å². The number of hydrogen-bond donors (Lipinski definition) is 1. The molecular formula is C14H30GeN2OS. The van der Waals surface area contributed by atoms with E-state index in [4.69, 9.17) is 5.73 Å². The second-order valence-corrected chi connectivity index (χ2v) is 20.1. The molecule has 1 fully saturated rings. The van der Waals surface area contributed by atoms with Crippen molar-refractivity contribution < 1.29 is 4.79 Å². The number of amides is 1. The van der Waals surface area contributed by atoms with Crippen LogP contribution in [0.2, 0.25) is 10.5 Å². The van der Waals surface area contributed by atoms with Crippen LogP contribution in [0.4, 0.5) is 0 Å². The molecule has 0 spiro atoms. The molecule has 0 aliphatic carbocycles. The van der Waals surface area contributed by atoms with Gasteiger partial charge < -0.3 is 0 Å². The fourth-order valence-corrected chi connectivity index (χ4v) is 20.3. The van der Waals surface area contributed by atoms with Crippen LogP contribution in [0.15, 0.2) is 0 Å². The third-order valence-corrected chi connectivity index (χ3v) is 20.3. The Labute approximate surface area is 124 Å². The van der Waals surface area contributed by atoms with E-state index < -0.39 is 12.3 Å². The van der Waals surface area contributed by atoms with Gasteiger partial charge in [0, 0.05) is 0 Å². The molecule has 0 atom stereocenters. The third kappa shape index (κ3) is 4.98. The van der Waals surface area contributed by atoms with E-state index in [1.165, 1.54) is 23.3 Å². The fraction of sp³-hybridized carbons (Fsp3) is 0.929. The molecule has 1 rings (SSSR count). The number of carbonyl (C=O) groups excluding carboxylic acids is 1. The molecule has 0 aromatic heterocycles. The van der Waals surface area contributed by atoms with Crippen molar-refractivity contribution in [3.05, 3.63) is 0 Å². The van der Waals surface area contributed by atoms with Crippen LogP contribution in [-0.4, -0.2) is 41.0 Å². The molecule has 1 aliphatic rings. The van der Waals surface area contributed by atoms with E-state index in [1.54, 1.807) is 0 Å². The molecule has 2 N–H and O–H groups in total. The first-order valence-corrected chi connectivity index (χ1v) is 15.0. The Balaban J connectivity index is 2.79. The van der Waals surface area contributed by atoms with Crippen LogP contribution >= 0.6 is 10.1 Å². The van der Waals surface area contributed by atoms with Crippen LogP contribution in [0, 0.1) is 11.8 Å². The molecule has 0 saturated carbocycles. The van der Waals surface area contributed by atoms with E-state index in [0.717, 1.165) is 24.1 Å². The molecule has 0 unspecified atom stereocenters. The van der Waals surface area contributed by atoms with Crippen LogP contribution in [0.25, 0.3) is 0 Å². The van der Waals surface area contributed by atoms with Gasteiger partial charge in [-0.25, -0.2) is 0 Å². The zero-order chi connectivity index (χ0) is 14.5. The number of carbonyl (C=O) groups is 1. The van der Waals surface area contributed by atoms with Gasteiger partial charge in [0.25, 0.3) is 0 Å². The Morgan fingerprint density at radius 1 is 1.21 bits per heavy atom. The Morgan fingerprint density at radius 3 is 2.16 bits per heavy atom. The van der Waals surface area contributed by atoms with Crippen molar-refractivity contribution in [1.82, 2.24) is 3.86 Å². The van der Waals surface area contributed by atoms with Crippen LogP contribution in [0.3, 0.4) is 0 Å². The van der Waals surface area contributed by atoms with Gasteiger partial charge in [0.05, 0.1) is 0 Å². The first kappa shape index (κ1) is 17.4. The summed E-state index contributed by atoms with van der Waals surface area (Å²) in [5.41, 5.74) is 5.61. The quantitative estimate of drug-likeness (QED) is 0.720. The van der Waals surface area contributed by atoms with Gasteiger partial charge in [-0.15, -0.1) is 0 Å². The molecule has 1 aliphatic heterocycles. The number of nitrogens with two attached hydrogens (primary N) is 1. The Bertz CT molecular complexity index is 285. The number of hydrogen-bond acceptors (Lipinski definition) is 3. The molecule has 5 heteroatoms. The van der Waals surface area contributed by atoms with Gasteiger partial charge in [0.1, 0.15) is 0 Å². The van der Waals surface area contributed by atoms with Crippen LogP contribution in [0.1, 0.15) is 40.5 Å². The summed E-state index contributed by atoms with van der Waals surface area (Å²) in [5, 5.41) is 2.58. The fourth-order valence-electron chi connectivity index (χ4n) is 2.64. The summed E-state index contributed by atoms with van der Waals surface area (Å²) < 4.78 is 2.26. The van der Waals surface area contributed by atoms with Gasteiger partial charge in [0.2, 0.25) is 0 Å². The first-order valence-electron chi connectivity index (χ1n) is 7.56. The Kier molecular flexibility index (Phi) is 7.26. The van der Waals surface area contributed by atoms with Crippen LogP contribution < -0.4 is 5.73 Å². The zero-order valence-corrected chi connectivity index (χ0v) is 15.9. The molecule has 1 saturated heterocycles. The van der Waals surface area contributed by atoms with Crippen molar-refractivity contribution in [1.29, 1.82) is 0 Å². The Hall–Kier alpha value is 0.323. The summed E-state index contributed by atoms with van der Waals surface area (Å²) in [6.45, 7) is 10.3. The Morgan fingerprint density at radius 2 is 1.74 bits per heavy atom. The molecule has 19 heavy (non-hydrogen) atoms. The standard InChI is InChI=1S/C14H30GeN2OS/c1-12(2)5-7-15(8-6-13(3)4)17(9-10-19-15)14(18)11-16/h12-13H,5-11,16H2,1-4H3. The topological polar surface area (TPSA) is 46.3 Å². The van der Waals surface area contributed by atoms with E-state index in [2.05, 4.69) is 41.6 Å². The van der Waals surface area contributed by atoms with Crippen molar-refractivity contribution in [2.45, 2.75) is 51.0 Å². The minimum absolute atomic E-state index is 0.191. The van der Waals surface area contributed by atoms with E-state index in [1.807, 2.05) is 0 Å². The summed E-state index contributed by atoms with van der Waals surface area (Å²) in [6, 6.07) is 0. The van der Waals surface area contributed by atoms with Gasteiger partial charge in [-0.3, -0.25) is 0 Å². The zero-order valence-electron chi connectivity index (χ0n) is 12.9. The molecule has 0 radical (unpaired) electrons. The number of rotatable bonds is 7. The maximum absolute atomic E-state index is 12.2. The van der Waals surface area contributed by atoms with Crippen molar-refractivity contribution in [3.63, 3.8) is 0 Å². The summed E-state index contributed by atoms with van der Waals surface area (Å²) in [4.78, 5) is 12.2. The molecule has 0 bridgehead atoms. The van der Waals surface area contributed by atoms with Gasteiger partial charge in [-0.2, -0.15) is 0 Å². The SMILES string of the molecule is CC(C)C[CH2][Ge]1([CH2]CC(C)C)[S]CC[N]1C(=O)CN. The monoisotopic (exact) mass is 348 g/mol. The van der Waals surface area contributed by atoms with E-state index in [0.29, 0.717) is 0 Å². The molecule has 0 aromatic carbocycles. The first-order chi connectivity index (χ1) is 8.91. The molecule has 0 aromatic rings. The summed E-state index contributed by atoms with van der Waals surface area (Å²) in [5.74, 6) is 2.81. The predicted octanol–water partition coefficient (Wildman–Crippen LogP) is 3.05. The van der Waals surface area contributed by atoms with E-state index >= 15 is 0 Å². The summed E-state index contributed by atoms with van der Waals surface area (Å²) in [6.07, 6.45) is 2.53. The summed E-state index contributed by atoms with van der Waals surface area (Å²) >= 11 is -2.24. The maximum atomic E-state index is 12.2. The van der Waals surface area contributed by atoms with Crippen LogP contribution in [-0.2, 0) is 4.79 Å². The average molecular weight is 347 g/mol. The molecule has 1 heterocycles. The van der Waals surface area contributed by atoms with Gasteiger partial charge in [0.15, 0.2) is 0 Å². The van der Waals surface area contributed by atoms with E-state index in [9.17, 15) is 4.79 Å². The van der Waals surface area contributed by atoms with Crippen molar-refractivity contribution in [3.8, 4) is 0 Å². The normalized spacial score (nSPS) is 18.6. The van der Waals surface area contributed by atoms with Crippen LogP contribution in [0.5, 0.6) is 0 Å². The minimum atomic E-state index is -2.24. The average Bonchev–Trinajstić information content (AvgIpc) is 2.77. The van der Waals surface area contributed by atoms with Crippen molar-refractivity contribution in [2.24, 2.45) is 17.6 Å². The summed E-state index contributed by atoms with van der Waals surface area (Å²) in [7, 11) is 2.16. The second-order valence-electron chi connectivity index (χ2n) is 6.41. The molecule has 112 valence electrons. The third-order valence-electron chi connectivity index (χ3n) is 3.88. The van der Waals surface area contributed by atoms with Gasteiger partial charge in [-0.1, -0.05) is 0 Å². The van der Waals surface area contributed by atoms with Gasteiger partial charge in [-0.05, 0) is 0 Å². The number of nitrogens with zero attached hydrogens (tertiary/aromatic N) is 1. The van der Waals surface area contributed by atoms with Crippen molar-refractivity contribution >= 4 is 28.3 Å².